The number of aromatic hydroxyl groups is 2. The van der Waals surface area contributed by atoms with Crippen molar-refractivity contribution in [2.45, 2.75) is 42.2 Å². The van der Waals surface area contributed by atoms with Crippen LogP contribution in [0, 0.1) is 5.92 Å². The Hall–Kier alpha value is -2.31. The molecule has 15 heteroatoms. The first-order valence-corrected chi connectivity index (χ1v) is 9.92. The van der Waals surface area contributed by atoms with Crippen LogP contribution in [0.15, 0.2) is 0 Å². The number of phenols is 2. The topological polar surface area (TPSA) is 261 Å². The lowest BCUT2D eigenvalue weighted by Gasteiger charge is -2.52. The molecule has 15 nitrogen and oxygen atoms in total. The molecule has 2 aliphatic rings. The van der Waals surface area contributed by atoms with Crippen molar-refractivity contribution in [3.05, 3.63) is 11.1 Å². The van der Waals surface area contributed by atoms with Crippen LogP contribution in [0.3, 0.4) is 0 Å². The third-order valence-electron chi connectivity index (χ3n) is 6.52. The molecule has 2 aliphatic heterocycles. The summed E-state index contributed by atoms with van der Waals surface area (Å²) >= 11 is 0. The van der Waals surface area contributed by atoms with Gasteiger partial charge in [-0.25, -0.2) is 0 Å². The Kier molecular flexibility index (Phi) is 6.29. The summed E-state index contributed by atoms with van der Waals surface area (Å²) < 4.78 is 10.2. The van der Waals surface area contributed by atoms with Gasteiger partial charge in [-0.3, -0.25) is 9.69 Å². The van der Waals surface area contributed by atoms with Crippen LogP contribution < -0.4 is 9.47 Å². The number of carbonyl (C=O) groups excluding carboxylic acids is 1. The van der Waals surface area contributed by atoms with Crippen LogP contribution >= 0.6 is 0 Å². The Morgan fingerprint density at radius 1 is 0.853 bits per heavy atom. The van der Waals surface area contributed by atoms with Crippen LogP contribution in [0.25, 0.3) is 0 Å². The van der Waals surface area contributed by atoms with E-state index in [1.165, 1.54) is 19.1 Å². The number of benzene rings is 1. The molecule has 0 spiro atoms. The van der Waals surface area contributed by atoms with E-state index in [2.05, 4.69) is 0 Å². The van der Waals surface area contributed by atoms with E-state index >= 15 is 0 Å². The molecular weight excluding hydrogens is 466 g/mol. The minimum atomic E-state index is -4.71. The number of ether oxygens (including phenoxy) is 2. The van der Waals surface area contributed by atoms with Crippen molar-refractivity contribution >= 4 is 5.78 Å². The van der Waals surface area contributed by atoms with Crippen LogP contribution in [0.4, 0.5) is 0 Å². The van der Waals surface area contributed by atoms with Gasteiger partial charge in [-0.05, 0) is 6.42 Å². The first kappa shape index (κ1) is 26.3. The Bertz CT molecular complexity index is 965. The lowest BCUT2D eigenvalue weighted by molar-refractivity contribution is -0.545. The third kappa shape index (κ3) is 3.49. The van der Waals surface area contributed by atoms with Gasteiger partial charge in [-0.1, -0.05) is 0 Å². The lowest BCUT2D eigenvalue weighted by atomic mass is 9.72. The van der Waals surface area contributed by atoms with Gasteiger partial charge in [-0.15, -0.1) is 0 Å². The van der Waals surface area contributed by atoms with E-state index in [-0.39, 0.29) is 41.3 Å². The molecule has 2 atom stereocenters. The van der Waals surface area contributed by atoms with Crippen LogP contribution in [0.1, 0.15) is 23.6 Å². The standard InChI is InChI=1S/C19H27NO14/c1-33-14-12(22)7-3-4-20-6-8(10(21)5-9(20)11(7)13(23)15(14)34-2)16(24,25)17(26,18(27,28)29)19(30,31)32/h8-9,22-32H,3-6H2,1-2H3. The summed E-state index contributed by atoms with van der Waals surface area (Å²) in [6, 6.07) is -0.966. The molecule has 0 amide bonds. The van der Waals surface area contributed by atoms with Crippen LogP contribution in [0.2, 0.25) is 0 Å². The van der Waals surface area contributed by atoms with E-state index in [0.717, 1.165) is 0 Å². The largest absolute Gasteiger partial charge is 0.504 e. The summed E-state index contributed by atoms with van der Waals surface area (Å²) in [5.41, 5.74) is -4.38. The van der Waals surface area contributed by atoms with E-state index in [1.807, 2.05) is 0 Å². The first-order valence-electron chi connectivity index (χ1n) is 9.92. The zero-order valence-electron chi connectivity index (χ0n) is 18.1. The van der Waals surface area contributed by atoms with Gasteiger partial charge >= 0.3 is 11.9 Å². The fourth-order valence-corrected chi connectivity index (χ4v) is 4.77. The molecule has 0 saturated carbocycles. The number of piperidine rings is 1. The quantitative estimate of drug-likeness (QED) is 0.131. The minimum absolute atomic E-state index is 0.0312. The summed E-state index contributed by atoms with van der Waals surface area (Å²) in [5.74, 6) is -18.1. The van der Waals surface area contributed by atoms with Gasteiger partial charge in [0.25, 0.3) is 5.60 Å². The molecule has 34 heavy (non-hydrogen) atoms. The monoisotopic (exact) mass is 493 g/mol. The molecule has 3 rings (SSSR count). The van der Waals surface area contributed by atoms with E-state index in [4.69, 9.17) is 9.47 Å². The normalized spacial score (nSPS) is 22.3. The summed E-state index contributed by atoms with van der Waals surface area (Å²) in [5, 5.41) is 109. The predicted octanol–water partition coefficient (Wildman–Crippen LogP) is -4.72. The van der Waals surface area contributed by atoms with Crippen LogP contribution in [-0.4, -0.2) is 117 Å². The number of hydrogen-bond acceptors (Lipinski definition) is 15. The number of fused-ring (bicyclic) bond motifs is 3. The van der Waals surface area contributed by atoms with E-state index in [0.29, 0.717) is 0 Å². The molecule has 0 aliphatic carbocycles. The Balaban J connectivity index is 2.07. The SMILES string of the molecule is COc1c(O)c2c(c(O)c1OC)C1CC(=O)C(C(O)(O)C(O)(C(O)(O)O)C(O)(O)O)CN1CC2. The van der Waals surface area contributed by atoms with Gasteiger partial charge in [-0.2, -0.15) is 0 Å². The van der Waals surface area contributed by atoms with Gasteiger partial charge in [0.15, 0.2) is 11.5 Å². The number of methoxy groups -OCH3 is 2. The van der Waals surface area contributed by atoms with Gasteiger partial charge in [0.1, 0.15) is 5.78 Å². The minimum Gasteiger partial charge on any atom is -0.504 e. The summed E-state index contributed by atoms with van der Waals surface area (Å²) in [6.45, 7) is -0.664. The maximum absolute atomic E-state index is 12.9. The van der Waals surface area contributed by atoms with Crippen molar-refractivity contribution in [1.82, 2.24) is 4.90 Å². The molecule has 0 aromatic heterocycles. The van der Waals surface area contributed by atoms with Crippen molar-refractivity contribution in [2.75, 3.05) is 27.3 Å². The van der Waals surface area contributed by atoms with Gasteiger partial charge in [0.2, 0.25) is 17.3 Å². The maximum Gasteiger partial charge on any atom is 0.320 e. The summed E-state index contributed by atoms with van der Waals surface area (Å²) in [6.07, 6.45) is -0.571. The van der Waals surface area contributed by atoms with Gasteiger partial charge in [0.05, 0.1) is 20.1 Å². The Labute approximate surface area is 191 Å². The highest BCUT2D eigenvalue weighted by Crippen LogP contribution is 2.55. The predicted molar refractivity (Wildman–Crippen MR) is 105 cm³/mol. The average molecular weight is 493 g/mol. The van der Waals surface area contributed by atoms with Crippen molar-refractivity contribution in [3.8, 4) is 23.0 Å². The number of ketones is 1. The number of nitrogens with zero attached hydrogens (tertiary/aromatic N) is 1. The fraction of sp³-hybridized carbons (Fsp3) is 0.632. The van der Waals surface area contributed by atoms with Crippen molar-refractivity contribution in [1.29, 1.82) is 0 Å². The lowest BCUT2D eigenvalue weighted by Crippen LogP contribution is -2.81. The molecule has 192 valence electrons. The Morgan fingerprint density at radius 2 is 1.35 bits per heavy atom. The van der Waals surface area contributed by atoms with Crippen molar-refractivity contribution in [2.24, 2.45) is 5.92 Å². The second-order valence-electron chi connectivity index (χ2n) is 8.35. The molecule has 2 unspecified atom stereocenters. The number of aliphatic hydroxyl groups is 9. The number of rotatable bonds is 6. The number of phenolic OH excluding ortho intramolecular Hbond substituents is 2. The molecule has 0 radical (unpaired) electrons. The number of carbonyl (C=O) groups is 1. The van der Waals surface area contributed by atoms with Crippen LogP contribution in [0.5, 0.6) is 23.0 Å². The second kappa shape index (κ2) is 8.13. The zero-order chi connectivity index (χ0) is 26.0. The molecule has 2 heterocycles. The van der Waals surface area contributed by atoms with E-state index in [9.17, 15) is 61.0 Å². The van der Waals surface area contributed by atoms with E-state index < -0.39 is 59.8 Å². The van der Waals surface area contributed by atoms with Gasteiger partial charge in [0, 0.05) is 36.7 Å². The molecule has 1 saturated heterocycles. The second-order valence-corrected chi connectivity index (χ2v) is 8.35. The van der Waals surface area contributed by atoms with Crippen molar-refractivity contribution in [3.63, 3.8) is 0 Å². The van der Waals surface area contributed by atoms with Crippen molar-refractivity contribution < 1.29 is 70.4 Å². The highest BCUT2D eigenvalue weighted by molar-refractivity contribution is 5.85. The third-order valence-corrected chi connectivity index (χ3v) is 6.52. The highest BCUT2D eigenvalue weighted by atomic mass is 16.8. The van der Waals surface area contributed by atoms with Gasteiger partial charge < -0.3 is 65.6 Å². The molecular formula is C19H27NO14. The molecule has 1 fully saturated rings. The smallest absolute Gasteiger partial charge is 0.320 e. The van der Waals surface area contributed by atoms with Crippen LogP contribution in [-0.2, 0) is 11.2 Å². The van der Waals surface area contributed by atoms with E-state index in [1.54, 1.807) is 0 Å². The molecule has 1 aromatic carbocycles. The molecule has 0 bridgehead atoms. The molecule has 11 N–H and O–H groups in total. The highest BCUT2D eigenvalue weighted by Gasteiger charge is 2.76. The number of hydrogen-bond donors (Lipinski definition) is 11. The Morgan fingerprint density at radius 3 is 1.82 bits per heavy atom. The first-order chi connectivity index (χ1) is 15.5. The zero-order valence-corrected chi connectivity index (χ0v) is 18.1. The average Bonchev–Trinajstić information content (AvgIpc) is 2.72. The molecule has 1 aromatic rings. The fourth-order valence-electron chi connectivity index (χ4n) is 4.77. The number of Topliss-reactive ketones (excluding diaryl/α,β-unsaturated/α-hetero) is 1. The summed E-state index contributed by atoms with van der Waals surface area (Å²) in [7, 11) is 2.44. The summed E-state index contributed by atoms with van der Waals surface area (Å²) in [4.78, 5) is 14.3. The maximum atomic E-state index is 12.9.